The maximum Gasteiger partial charge on any atom is 0.251 e. The van der Waals surface area contributed by atoms with Gasteiger partial charge >= 0.3 is 0 Å². The standard InChI is InChI=1S/C19H21N5O3S/c1-3-23-28(26,27)16-6-5-14(2)17(12-16)19(25)21-13-15-7-9-20-18(11-15)24-10-4-8-22-24/h4-12,23H,3,13H2,1-2H3,(H,21,25). The van der Waals surface area contributed by atoms with E-state index < -0.39 is 10.0 Å². The highest BCUT2D eigenvalue weighted by atomic mass is 32.2. The van der Waals surface area contributed by atoms with Crippen LogP contribution >= 0.6 is 0 Å². The highest BCUT2D eigenvalue weighted by Gasteiger charge is 2.17. The second kappa shape index (κ2) is 8.32. The number of rotatable bonds is 7. The van der Waals surface area contributed by atoms with Gasteiger partial charge in [-0.1, -0.05) is 13.0 Å². The lowest BCUT2D eigenvalue weighted by molar-refractivity contribution is 0.0950. The Hall–Kier alpha value is -3.04. The molecule has 2 heterocycles. The van der Waals surface area contributed by atoms with Crippen LogP contribution in [0.3, 0.4) is 0 Å². The van der Waals surface area contributed by atoms with Gasteiger partial charge in [0.2, 0.25) is 10.0 Å². The Morgan fingerprint density at radius 2 is 2.00 bits per heavy atom. The molecule has 0 saturated heterocycles. The lowest BCUT2D eigenvalue weighted by atomic mass is 10.1. The van der Waals surface area contributed by atoms with Crippen LogP contribution in [0.2, 0.25) is 0 Å². The molecular formula is C19H21N5O3S. The summed E-state index contributed by atoms with van der Waals surface area (Å²) in [6.07, 6.45) is 5.09. The molecule has 8 nitrogen and oxygen atoms in total. The Kier molecular flexibility index (Phi) is 5.86. The number of carbonyl (C=O) groups excluding carboxylic acids is 1. The van der Waals surface area contributed by atoms with Crippen molar-refractivity contribution in [3.8, 4) is 5.82 Å². The van der Waals surface area contributed by atoms with E-state index in [2.05, 4.69) is 20.1 Å². The van der Waals surface area contributed by atoms with Gasteiger partial charge in [-0.2, -0.15) is 5.10 Å². The first-order valence-electron chi connectivity index (χ1n) is 8.74. The SMILES string of the molecule is CCNS(=O)(=O)c1ccc(C)c(C(=O)NCc2ccnc(-n3cccn3)c2)c1. The monoisotopic (exact) mass is 399 g/mol. The van der Waals surface area contributed by atoms with Crippen molar-refractivity contribution in [2.45, 2.75) is 25.3 Å². The largest absolute Gasteiger partial charge is 0.348 e. The van der Waals surface area contributed by atoms with Crippen LogP contribution in [0, 0.1) is 6.92 Å². The molecule has 3 aromatic rings. The molecule has 2 N–H and O–H groups in total. The molecule has 0 bridgehead atoms. The minimum absolute atomic E-state index is 0.0648. The predicted molar refractivity (Wildman–Crippen MR) is 105 cm³/mol. The fraction of sp³-hybridized carbons (Fsp3) is 0.211. The van der Waals surface area contributed by atoms with Crippen molar-refractivity contribution in [1.29, 1.82) is 0 Å². The summed E-state index contributed by atoms with van der Waals surface area (Å²) in [5.41, 5.74) is 1.86. The van der Waals surface area contributed by atoms with E-state index in [1.807, 2.05) is 6.07 Å². The summed E-state index contributed by atoms with van der Waals surface area (Å²) in [6.45, 7) is 4.02. The number of sulfonamides is 1. The van der Waals surface area contributed by atoms with E-state index >= 15 is 0 Å². The van der Waals surface area contributed by atoms with E-state index in [1.165, 1.54) is 12.1 Å². The number of nitrogens with one attached hydrogen (secondary N) is 2. The third kappa shape index (κ3) is 4.44. The minimum Gasteiger partial charge on any atom is -0.348 e. The van der Waals surface area contributed by atoms with Crippen molar-refractivity contribution in [2.24, 2.45) is 0 Å². The number of amides is 1. The predicted octanol–water partition coefficient (Wildman–Crippen LogP) is 1.80. The number of carbonyl (C=O) groups is 1. The third-order valence-electron chi connectivity index (χ3n) is 4.10. The van der Waals surface area contributed by atoms with Crippen LogP contribution in [-0.2, 0) is 16.6 Å². The number of hydrogen-bond acceptors (Lipinski definition) is 5. The lowest BCUT2D eigenvalue weighted by Crippen LogP contribution is -2.26. The average Bonchev–Trinajstić information content (AvgIpc) is 3.21. The zero-order chi connectivity index (χ0) is 20.1. The molecule has 2 aromatic heterocycles. The van der Waals surface area contributed by atoms with E-state index in [-0.39, 0.29) is 23.9 Å². The molecule has 1 aromatic carbocycles. The Bertz CT molecular complexity index is 1080. The van der Waals surface area contributed by atoms with Gasteiger partial charge in [0.15, 0.2) is 5.82 Å². The Morgan fingerprint density at radius 1 is 1.18 bits per heavy atom. The first kappa shape index (κ1) is 19.7. The molecule has 0 fully saturated rings. The Balaban J connectivity index is 1.76. The fourth-order valence-corrected chi connectivity index (χ4v) is 3.73. The van der Waals surface area contributed by atoms with Crippen LogP contribution in [0.4, 0.5) is 0 Å². The molecular weight excluding hydrogens is 378 g/mol. The van der Waals surface area contributed by atoms with Crippen molar-refractivity contribution in [1.82, 2.24) is 24.8 Å². The Labute approximate surface area is 163 Å². The van der Waals surface area contributed by atoms with Gasteiger partial charge < -0.3 is 5.32 Å². The van der Waals surface area contributed by atoms with Gasteiger partial charge in [0.25, 0.3) is 5.91 Å². The summed E-state index contributed by atoms with van der Waals surface area (Å²) in [7, 11) is -3.63. The average molecular weight is 399 g/mol. The topological polar surface area (TPSA) is 106 Å². The summed E-state index contributed by atoms with van der Waals surface area (Å²) in [6, 6.07) is 9.93. The number of aromatic nitrogens is 3. The summed E-state index contributed by atoms with van der Waals surface area (Å²) < 4.78 is 28.4. The molecule has 0 unspecified atom stereocenters. The number of nitrogens with zero attached hydrogens (tertiary/aromatic N) is 3. The van der Waals surface area contributed by atoms with E-state index in [0.29, 0.717) is 16.9 Å². The van der Waals surface area contributed by atoms with Gasteiger partial charge in [0, 0.05) is 37.2 Å². The fourth-order valence-electron chi connectivity index (χ4n) is 2.66. The number of pyridine rings is 1. The first-order valence-corrected chi connectivity index (χ1v) is 10.2. The second-order valence-corrected chi connectivity index (χ2v) is 7.90. The maximum absolute atomic E-state index is 12.6. The lowest BCUT2D eigenvalue weighted by Gasteiger charge is -2.11. The van der Waals surface area contributed by atoms with Gasteiger partial charge in [-0.25, -0.2) is 22.8 Å². The van der Waals surface area contributed by atoms with Gasteiger partial charge in [0.05, 0.1) is 4.90 Å². The van der Waals surface area contributed by atoms with Crippen LogP contribution in [0.25, 0.3) is 5.82 Å². The van der Waals surface area contributed by atoms with Gasteiger partial charge in [0.1, 0.15) is 0 Å². The summed E-state index contributed by atoms with van der Waals surface area (Å²) >= 11 is 0. The number of benzene rings is 1. The molecule has 9 heteroatoms. The van der Waals surface area contributed by atoms with E-state index in [1.54, 1.807) is 55.3 Å². The molecule has 0 spiro atoms. The van der Waals surface area contributed by atoms with Crippen LogP contribution < -0.4 is 10.0 Å². The highest BCUT2D eigenvalue weighted by Crippen LogP contribution is 2.16. The molecule has 0 aliphatic carbocycles. The van der Waals surface area contributed by atoms with Gasteiger partial charge in [-0.05, 0) is 48.4 Å². The summed E-state index contributed by atoms with van der Waals surface area (Å²) in [5.74, 6) is 0.301. The molecule has 3 rings (SSSR count). The van der Waals surface area contributed by atoms with Crippen LogP contribution in [-0.4, -0.2) is 35.6 Å². The second-order valence-electron chi connectivity index (χ2n) is 6.13. The molecule has 0 aliphatic rings. The zero-order valence-electron chi connectivity index (χ0n) is 15.6. The molecule has 28 heavy (non-hydrogen) atoms. The zero-order valence-corrected chi connectivity index (χ0v) is 16.4. The molecule has 0 atom stereocenters. The van der Waals surface area contributed by atoms with Crippen LogP contribution in [0.5, 0.6) is 0 Å². The Morgan fingerprint density at radius 3 is 2.71 bits per heavy atom. The first-order chi connectivity index (χ1) is 13.4. The normalized spacial score (nSPS) is 11.4. The smallest absolute Gasteiger partial charge is 0.251 e. The van der Waals surface area contributed by atoms with E-state index in [9.17, 15) is 13.2 Å². The molecule has 0 aliphatic heterocycles. The molecule has 0 saturated carbocycles. The molecule has 146 valence electrons. The third-order valence-corrected chi connectivity index (χ3v) is 5.64. The summed E-state index contributed by atoms with van der Waals surface area (Å²) in [4.78, 5) is 16.9. The molecule has 0 radical (unpaired) electrons. The van der Waals surface area contributed by atoms with Crippen molar-refractivity contribution in [2.75, 3.05) is 6.54 Å². The summed E-state index contributed by atoms with van der Waals surface area (Å²) in [5, 5.41) is 6.96. The van der Waals surface area contributed by atoms with Crippen molar-refractivity contribution >= 4 is 15.9 Å². The molecule has 1 amide bonds. The minimum atomic E-state index is -3.63. The number of hydrogen-bond donors (Lipinski definition) is 2. The van der Waals surface area contributed by atoms with Gasteiger partial charge in [-0.15, -0.1) is 0 Å². The van der Waals surface area contributed by atoms with Crippen molar-refractivity contribution < 1.29 is 13.2 Å². The van der Waals surface area contributed by atoms with E-state index in [4.69, 9.17) is 0 Å². The van der Waals surface area contributed by atoms with Crippen molar-refractivity contribution in [3.05, 3.63) is 71.7 Å². The number of aryl methyl sites for hydroxylation is 1. The van der Waals surface area contributed by atoms with E-state index in [0.717, 1.165) is 5.56 Å². The van der Waals surface area contributed by atoms with Crippen LogP contribution in [0.1, 0.15) is 28.4 Å². The highest BCUT2D eigenvalue weighted by molar-refractivity contribution is 7.89. The van der Waals surface area contributed by atoms with Crippen LogP contribution in [0.15, 0.2) is 59.9 Å². The maximum atomic E-state index is 12.6. The van der Waals surface area contributed by atoms with Gasteiger partial charge in [-0.3, -0.25) is 4.79 Å². The quantitative estimate of drug-likeness (QED) is 0.630. The van der Waals surface area contributed by atoms with Crippen molar-refractivity contribution in [3.63, 3.8) is 0 Å².